The van der Waals surface area contributed by atoms with Crippen LogP contribution in [0.4, 0.5) is 5.69 Å². The molecule has 0 saturated heterocycles. The Kier molecular flexibility index (Phi) is 4.68. The van der Waals surface area contributed by atoms with Crippen molar-refractivity contribution in [2.75, 3.05) is 5.32 Å². The van der Waals surface area contributed by atoms with Crippen LogP contribution in [-0.4, -0.2) is 11.8 Å². The van der Waals surface area contributed by atoms with E-state index in [1.54, 1.807) is 29.5 Å². The lowest BCUT2D eigenvalue weighted by Crippen LogP contribution is -2.23. The van der Waals surface area contributed by atoms with Gasteiger partial charge in [0.1, 0.15) is 0 Å². The van der Waals surface area contributed by atoms with Gasteiger partial charge in [0, 0.05) is 16.5 Å². The molecular weight excluding hydrogens is 332 g/mol. The summed E-state index contributed by atoms with van der Waals surface area (Å²) in [7, 11) is 0. The topological polar surface area (TPSA) is 58.2 Å². The standard InChI is InChI=1S/C17H17ClN2O2S/c1-10-7-13(10)17(22)20-11-4-5-15(18)14(8-11)16(21)19-9-12-3-2-6-23-12/h2-6,8,10,13H,7,9H2,1H3,(H,19,21)(H,20,22)/t10-,13-/m1/s1. The van der Waals surface area contributed by atoms with Crippen molar-refractivity contribution in [3.63, 3.8) is 0 Å². The molecule has 1 heterocycles. The Morgan fingerprint density at radius 2 is 2.13 bits per heavy atom. The van der Waals surface area contributed by atoms with Gasteiger partial charge < -0.3 is 10.6 Å². The number of hydrogen-bond acceptors (Lipinski definition) is 3. The highest BCUT2D eigenvalue weighted by Crippen LogP contribution is 2.38. The summed E-state index contributed by atoms with van der Waals surface area (Å²) in [4.78, 5) is 25.4. The molecule has 1 aromatic heterocycles. The van der Waals surface area contributed by atoms with E-state index < -0.39 is 0 Å². The number of nitrogens with one attached hydrogen (secondary N) is 2. The van der Waals surface area contributed by atoms with Gasteiger partial charge in [0.25, 0.3) is 5.91 Å². The molecule has 0 aliphatic heterocycles. The molecule has 2 amide bonds. The molecular formula is C17H17ClN2O2S. The Morgan fingerprint density at radius 3 is 2.78 bits per heavy atom. The van der Waals surface area contributed by atoms with Crippen LogP contribution in [0.15, 0.2) is 35.7 Å². The number of rotatable bonds is 5. The Labute approximate surface area is 143 Å². The zero-order chi connectivity index (χ0) is 16.4. The first-order chi connectivity index (χ1) is 11.0. The number of anilines is 1. The molecule has 1 aliphatic carbocycles. The van der Waals surface area contributed by atoms with E-state index in [-0.39, 0.29) is 17.7 Å². The Hall–Kier alpha value is -1.85. The molecule has 6 heteroatoms. The smallest absolute Gasteiger partial charge is 0.253 e. The summed E-state index contributed by atoms with van der Waals surface area (Å²) in [5.41, 5.74) is 0.963. The van der Waals surface area contributed by atoms with E-state index >= 15 is 0 Å². The van der Waals surface area contributed by atoms with E-state index in [0.717, 1.165) is 11.3 Å². The van der Waals surface area contributed by atoms with Crippen molar-refractivity contribution in [1.29, 1.82) is 0 Å². The maximum absolute atomic E-state index is 12.3. The Bertz CT molecular complexity index is 730. The normalized spacial score (nSPS) is 19.2. The number of hydrogen-bond donors (Lipinski definition) is 2. The second kappa shape index (κ2) is 6.72. The van der Waals surface area contributed by atoms with Crippen molar-refractivity contribution in [2.24, 2.45) is 11.8 Å². The van der Waals surface area contributed by atoms with E-state index in [1.165, 1.54) is 0 Å². The number of amides is 2. The van der Waals surface area contributed by atoms with Crippen molar-refractivity contribution in [3.8, 4) is 0 Å². The zero-order valence-corrected chi connectivity index (χ0v) is 14.2. The van der Waals surface area contributed by atoms with Crippen LogP contribution in [0.2, 0.25) is 5.02 Å². The average Bonchev–Trinajstić information content (AvgIpc) is 3.05. The van der Waals surface area contributed by atoms with E-state index in [0.29, 0.717) is 28.7 Å². The minimum Gasteiger partial charge on any atom is -0.347 e. The van der Waals surface area contributed by atoms with E-state index in [1.807, 2.05) is 17.5 Å². The zero-order valence-electron chi connectivity index (χ0n) is 12.6. The van der Waals surface area contributed by atoms with E-state index in [2.05, 4.69) is 17.6 Å². The predicted molar refractivity (Wildman–Crippen MR) is 92.8 cm³/mol. The number of benzene rings is 1. The molecule has 0 spiro atoms. The Morgan fingerprint density at radius 1 is 1.35 bits per heavy atom. The van der Waals surface area contributed by atoms with Crippen LogP contribution in [0.1, 0.15) is 28.6 Å². The molecule has 0 radical (unpaired) electrons. The molecule has 3 rings (SSSR count). The van der Waals surface area contributed by atoms with E-state index in [9.17, 15) is 9.59 Å². The predicted octanol–water partition coefficient (Wildman–Crippen LogP) is 3.93. The SMILES string of the molecule is C[C@@H]1C[C@H]1C(=O)Nc1ccc(Cl)c(C(=O)NCc2cccs2)c1. The molecule has 1 aliphatic rings. The van der Waals surface area contributed by atoms with Crippen LogP contribution < -0.4 is 10.6 Å². The fourth-order valence-corrected chi connectivity index (χ4v) is 3.22. The minimum absolute atomic E-state index is 0.00441. The van der Waals surface area contributed by atoms with Crippen molar-refractivity contribution in [1.82, 2.24) is 5.32 Å². The van der Waals surface area contributed by atoms with Crippen LogP contribution in [0.25, 0.3) is 0 Å². The first kappa shape index (κ1) is 16.0. The molecule has 2 N–H and O–H groups in total. The highest BCUT2D eigenvalue weighted by atomic mass is 35.5. The third-order valence-corrected chi connectivity index (χ3v) is 5.13. The Balaban J connectivity index is 1.67. The molecule has 0 unspecified atom stereocenters. The molecule has 0 bridgehead atoms. The van der Waals surface area contributed by atoms with Gasteiger partial charge in [-0.2, -0.15) is 0 Å². The fourth-order valence-electron chi connectivity index (χ4n) is 2.38. The lowest BCUT2D eigenvalue weighted by Gasteiger charge is -2.09. The quantitative estimate of drug-likeness (QED) is 0.860. The average molecular weight is 349 g/mol. The molecule has 2 aromatic rings. The van der Waals surface area contributed by atoms with Gasteiger partial charge in [-0.15, -0.1) is 11.3 Å². The summed E-state index contributed by atoms with van der Waals surface area (Å²) in [5.74, 6) is 0.279. The van der Waals surface area contributed by atoms with Gasteiger partial charge in [0.15, 0.2) is 0 Å². The second-order valence-electron chi connectivity index (χ2n) is 5.77. The number of carbonyl (C=O) groups is 2. The first-order valence-electron chi connectivity index (χ1n) is 7.45. The van der Waals surface area contributed by atoms with Gasteiger partial charge in [-0.25, -0.2) is 0 Å². The molecule has 1 aromatic carbocycles. The number of thiophene rings is 1. The third-order valence-electron chi connectivity index (χ3n) is 3.93. The summed E-state index contributed by atoms with van der Waals surface area (Å²) in [5, 5.41) is 8.02. The van der Waals surface area contributed by atoms with E-state index in [4.69, 9.17) is 11.6 Å². The van der Waals surface area contributed by atoms with Crippen molar-refractivity contribution >= 4 is 40.4 Å². The van der Waals surface area contributed by atoms with Crippen molar-refractivity contribution < 1.29 is 9.59 Å². The monoisotopic (exact) mass is 348 g/mol. The van der Waals surface area contributed by atoms with Gasteiger partial charge in [0.2, 0.25) is 5.91 Å². The number of halogens is 1. The van der Waals surface area contributed by atoms with Crippen molar-refractivity contribution in [3.05, 3.63) is 51.2 Å². The third kappa shape index (κ3) is 3.92. The molecule has 1 fully saturated rings. The highest BCUT2D eigenvalue weighted by molar-refractivity contribution is 7.09. The van der Waals surface area contributed by atoms with Gasteiger partial charge in [0.05, 0.1) is 17.1 Å². The van der Waals surface area contributed by atoms with Gasteiger partial charge >= 0.3 is 0 Å². The minimum atomic E-state index is -0.251. The molecule has 23 heavy (non-hydrogen) atoms. The summed E-state index contributed by atoms with van der Waals surface area (Å²) in [6.45, 7) is 2.51. The molecule has 1 saturated carbocycles. The van der Waals surface area contributed by atoms with Gasteiger partial charge in [-0.1, -0.05) is 24.6 Å². The lowest BCUT2D eigenvalue weighted by atomic mass is 10.1. The second-order valence-corrected chi connectivity index (χ2v) is 7.20. The largest absolute Gasteiger partial charge is 0.347 e. The molecule has 2 atom stereocenters. The van der Waals surface area contributed by atoms with Crippen LogP contribution >= 0.6 is 22.9 Å². The summed E-state index contributed by atoms with van der Waals surface area (Å²) in [6, 6.07) is 8.86. The maximum atomic E-state index is 12.3. The van der Waals surface area contributed by atoms with Crippen LogP contribution in [0.5, 0.6) is 0 Å². The van der Waals surface area contributed by atoms with Gasteiger partial charge in [-0.3, -0.25) is 9.59 Å². The first-order valence-corrected chi connectivity index (χ1v) is 8.71. The highest BCUT2D eigenvalue weighted by Gasteiger charge is 2.39. The van der Waals surface area contributed by atoms with Crippen LogP contribution in [0, 0.1) is 11.8 Å². The van der Waals surface area contributed by atoms with Crippen LogP contribution in [-0.2, 0) is 11.3 Å². The summed E-state index contributed by atoms with van der Waals surface area (Å²) >= 11 is 7.70. The van der Waals surface area contributed by atoms with Crippen molar-refractivity contribution in [2.45, 2.75) is 19.9 Å². The van der Waals surface area contributed by atoms with Gasteiger partial charge in [-0.05, 0) is 42.0 Å². The fraction of sp³-hybridized carbons (Fsp3) is 0.294. The number of carbonyl (C=O) groups excluding carboxylic acids is 2. The lowest BCUT2D eigenvalue weighted by molar-refractivity contribution is -0.117. The summed E-state index contributed by atoms with van der Waals surface area (Å²) < 4.78 is 0. The summed E-state index contributed by atoms with van der Waals surface area (Å²) in [6.07, 6.45) is 0.924. The molecule has 120 valence electrons. The molecule has 4 nitrogen and oxygen atoms in total. The van der Waals surface area contributed by atoms with Crippen LogP contribution in [0.3, 0.4) is 0 Å². The maximum Gasteiger partial charge on any atom is 0.253 e.